The molecule has 1 unspecified atom stereocenters. The molecule has 4 rings (SSSR count). The molecule has 2 aromatic carbocycles. The molecule has 2 aliphatic heterocycles. The molecule has 0 radical (unpaired) electrons. The SMILES string of the molecule is O=C(O)C(F)(F)F.O=C1CC2(COCCN(Cc3cccc(C(F)(F)F)c3)C2)CN1Cc1ccccc1. The van der Waals surface area contributed by atoms with Gasteiger partial charge in [0.1, 0.15) is 0 Å². The zero-order chi connectivity index (χ0) is 27.3. The van der Waals surface area contributed by atoms with Crippen LogP contribution in [-0.4, -0.2) is 65.8 Å². The molecule has 0 saturated carbocycles. The number of amides is 1. The van der Waals surface area contributed by atoms with Crippen LogP contribution in [0.5, 0.6) is 0 Å². The molecule has 6 nitrogen and oxygen atoms in total. The minimum Gasteiger partial charge on any atom is -0.475 e. The van der Waals surface area contributed by atoms with Crippen molar-refractivity contribution in [2.75, 3.05) is 32.8 Å². The van der Waals surface area contributed by atoms with Gasteiger partial charge in [0.15, 0.2) is 0 Å². The molecule has 1 spiro atoms. The van der Waals surface area contributed by atoms with Crippen molar-refractivity contribution in [1.82, 2.24) is 9.80 Å². The molecule has 1 N–H and O–H groups in total. The predicted molar refractivity (Wildman–Crippen MR) is 120 cm³/mol. The molecule has 1 atom stereocenters. The Bertz CT molecular complexity index is 1080. The minimum absolute atomic E-state index is 0.100. The lowest BCUT2D eigenvalue weighted by Gasteiger charge is -2.31. The molecule has 12 heteroatoms. The first-order valence-electron chi connectivity index (χ1n) is 11.4. The van der Waals surface area contributed by atoms with Crippen LogP contribution in [0.2, 0.25) is 0 Å². The van der Waals surface area contributed by atoms with Gasteiger partial charge in [-0.15, -0.1) is 0 Å². The molecule has 0 aliphatic carbocycles. The average molecular weight is 532 g/mol. The van der Waals surface area contributed by atoms with Crippen molar-refractivity contribution in [2.45, 2.75) is 31.9 Å². The van der Waals surface area contributed by atoms with Gasteiger partial charge in [0.2, 0.25) is 5.91 Å². The molecule has 2 heterocycles. The van der Waals surface area contributed by atoms with Crippen molar-refractivity contribution in [3.63, 3.8) is 0 Å². The summed E-state index contributed by atoms with van der Waals surface area (Å²) in [4.78, 5) is 25.6. The molecule has 0 aromatic heterocycles. The van der Waals surface area contributed by atoms with Crippen LogP contribution in [0.15, 0.2) is 54.6 Å². The van der Waals surface area contributed by atoms with Gasteiger partial charge in [-0.3, -0.25) is 9.69 Å². The van der Waals surface area contributed by atoms with Crippen LogP contribution in [0.3, 0.4) is 0 Å². The number of ether oxygens (including phenoxy) is 1. The molecule has 2 aliphatic rings. The number of aliphatic carboxylic acids is 1. The predicted octanol–water partition coefficient (Wildman–Crippen LogP) is 4.59. The van der Waals surface area contributed by atoms with E-state index < -0.39 is 23.9 Å². The van der Waals surface area contributed by atoms with Gasteiger partial charge in [-0.05, 0) is 17.2 Å². The highest BCUT2D eigenvalue weighted by Gasteiger charge is 2.45. The van der Waals surface area contributed by atoms with E-state index in [2.05, 4.69) is 4.90 Å². The van der Waals surface area contributed by atoms with Crippen LogP contribution in [0, 0.1) is 5.41 Å². The highest BCUT2D eigenvalue weighted by Crippen LogP contribution is 2.36. The second kappa shape index (κ2) is 11.5. The Balaban J connectivity index is 0.000000479. The Morgan fingerprint density at radius 3 is 2.22 bits per heavy atom. The fraction of sp³-hybridized carbons (Fsp3) is 0.440. The van der Waals surface area contributed by atoms with Crippen molar-refractivity contribution in [1.29, 1.82) is 0 Å². The van der Waals surface area contributed by atoms with E-state index >= 15 is 0 Å². The van der Waals surface area contributed by atoms with Gasteiger partial charge in [-0.1, -0.05) is 48.5 Å². The number of hydrogen-bond donors (Lipinski definition) is 1. The number of benzene rings is 2. The number of likely N-dealkylation sites (tertiary alicyclic amines) is 1. The van der Waals surface area contributed by atoms with Crippen LogP contribution in [0.4, 0.5) is 26.3 Å². The van der Waals surface area contributed by atoms with Gasteiger partial charge < -0.3 is 14.7 Å². The second-order valence-corrected chi connectivity index (χ2v) is 9.18. The summed E-state index contributed by atoms with van der Waals surface area (Å²) in [6, 6.07) is 15.3. The number of carboxylic acid groups (broad SMARTS) is 1. The first kappa shape index (κ1) is 28.5. The monoisotopic (exact) mass is 532 g/mol. The van der Waals surface area contributed by atoms with E-state index in [9.17, 15) is 31.1 Å². The van der Waals surface area contributed by atoms with Crippen LogP contribution in [0.25, 0.3) is 0 Å². The van der Waals surface area contributed by atoms with Gasteiger partial charge in [0, 0.05) is 44.6 Å². The average Bonchev–Trinajstić information content (AvgIpc) is 2.97. The molecule has 202 valence electrons. The van der Waals surface area contributed by atoms with Gasteiger partial charge in [0.25, 0.3) is 0 Å². The number of carbonyl (C=O) groups is 2. The second-order valence-electron chi connectivity index (χ2n) is 9.18. The summed E-state index contributed by atoms with van der Waals surface area (Å²) in [5, 5.41) is 7.12. The molecule has 2 aromatic rings. The fourth-order valence-electron chi connectivity index (χ4n) is 4.45. The maximum atomic E-state index is 13.0. The van der Waals surface area contributed by atoms with Crippen molar-refractivity contribution in [3.05, 3.63) is 71.3 Å². The number of halogens is 6. The molecule has 1 amide bonds. The van der Waals surface area contributed by atoms with Crippen molar-refractivity contribution < 1.29 is 45.8 Å². The summed E-state index contributed by atoms with van der Waals surface area (Å²) in [6.45, 7) is 3.82. The van der Waals surface area contributed by atoms with Crippen LogP contribution >= 0.6 is 0 Å². The molecule has 2 fully saturated rings. The molecule has 2 saturated heterocycles. The number of carbonyl (C=O) groups excluding carboxylic acids is 1. The van der Waals surface area contributed by atoms with E-state index in [1.165, 1.54) is 12.1 Å². The summed E-state index contributed by atoms with van der Waals surface area (Å²) in [5.74, 6) is -2.66. The third kappa shape index (κ3) is 8.19. The largest absolute Gasteiger partial charge is 0.490 e. The van der Waals surface area contributed by atoms with Crippen LogP contribution < -0.4 is 0 Å². The summed E-state index contributed by atoms with van der Waals surface area (Å²) in [6.07, 6.45) is -9.03. The first-order valence-corrected chi connectivity index (χ1v) is 11.4. The topological polar surface area (TPSA) is 70.1 Å². The number of alkyl halides is 6. The Morgan fingerprint density at radius 1 is 0.946 bits per heavy atom. The number of hydrogen-bond acceptors (Lipinski definition) is 4. The van der Waals surface area contributed by atoms with Crippen molar-refractivity contribution >= 4 is 11.9 Å². The highest BCUT2D eigenvalue weighted by atomic mass is 19.4. The van der Waals surface area contributed by atoms with E-state index in [0.29, 0.717) is 57.9 Å². The lowest BCUT2D eigenvalue weighted by atomic mass is 9.87. The Morgan fingerprint density at radius 2 is 1.59 bits per heavy atom. The van der Waals surface area contributed by atoms with Crippen molar-refractivity contribution in [2.24, 2.45) is 5.41 Å². The lowest BCUT2D eigenvalue weighted by Crippen LogP contribution is -2.40. The number of rotatable bonds is 4. The van der Waals surface area contributed by atoms with E-state index in [0.717, 1.165) is 11.6 Å². The zero-order valence-corrected chi connectivity index (χ0v) is 19.7. The first-order chi connectivity index (χ1) is 17.3. The summed E-state index contributed by atoms with van der Waals surface area (Å²) < 4.78 is 76.7. The van der Waals surface area contributed by atoms with Crippen LogP contribution in [0.1, 0.15) is 23.1 Å². The normalized spacial score (nSPS) is 20.9. The maximum absolute atomic E-state index is 13.0. The van der Waals surface area contributed by atoms with Gasteiger partial charge >= 0.3 is 18.3 Å². The summed E-state index contributed by atoms with van der Waals surface area (Å²) in [5.41, 5.74) is 0.737. The molecule has 37 heavy (non-hydrogen) atoms. The molecular formula is C25H26F6N2O4. The fourth-order valence-corrected chi connectivity index (χ4v) is 4.45. The van der Waals surface area contributed by atoms with Gasteiger partial charge in [-0.25, -0.2) is 4.79 Å². The Labute approximate surface area is 209 Å². The third-order valence-electron chi connectivity index (χ3n) is 6.04. The Kier molecular flexibility index (Phi) is 8.85. The maximum Gasteiger partial charge on any atom is 0.490 e. The lowest BCUT2D eigenvalue weighted by molar-refractivity contribution is -0.192. The highest BCUT2D eigenvalue weighted by molar-refractivity contribution is 5.79. The third-order valence-corrected chi connectivity index (χ3v) is 6.04. The minimum atomic E-state index is -5.08. The molecule has 0 bridgehead atoms. The zero-order valence-electron chi connectivity index (χ0n) is 19.7. The van der Waals surface area contributed by atoms with E-state index in [-0.39, 0.29) is 11.3 Å². The van der Waals surface area contributed by atoms with E-state index in [1.807, 2.05) is 35.2 Å². The quantitative estimate of drug-likeness (QED) is 0.584. The summed E-state index contributed by atoms with van der Waals surface area (Å²) in [7, 11) is 0. The van der Waals surface area contributed by atoms with Crippen LogP contribution in [-0.2, 0) is 33.6 Å². The molecular weight excluding hydrogens is 506 g/mol. The summed E-state index contributed by atoms with van der Waals surface area (Å²) >= 11 is 0. The van der Waals surface area contributed by atoms with Crippen molar-refractivity contribution in [3.8, 4) is 0 Å². The number of carboxylic acids is 1. The number of nitrogens with zero attached hydrogens (tertiary/aromatic N) is 2. The smallest absolute Gasteiger partial charge is 0.475 e. The van der Waals surface area contributed by atoms with Gasteiger partial charge in [0.05, 0.1) is 18.8 Å². The van der Waals surface area contributed by atoms with E-state index in [1.54, 1.807) is 6.07 Å². The standard InChI is InChI=1S/C23H25F3N2O2.C2HF3O2/c24-23(25,26)20-8-4-7-19(11-20)13-27-9-10-30-17-22(15-27)12-21(29)28(16-22)14-18-5-2-1-3-6-18;3-2(4,5)1(6)7/h1-8,11H,9-10,12-17H2;(H,6,7). The van der Waals surface area contributed by atoms with Gasteiger partial charge in [-0.2, -0.15) is 26.3 Å². The van der Waals surface area contributed by atoms with E-state index in [4.69, 9.17) is 14.6 Å². The Hall–Kier alpha value is -3.12.